The Labute approximate surface area is 223 Å². The first-order chi connectivity index (χ1) is 18.2. The van der Waals surface area contributed by atoms with Crippen molar-refractivity contribution in [3.63, 3.8) is 0 Å². The molecule has 1 unspecified atom stereocenters. The summed E-state index contributed by atoms with van der Waals surface area (Å²) >= 11 is 12.7. The Bertz CT molecular complexity index is 1540. The van der Waals surface area contributed by atoms with E-state index in [0.29, 0.717) is 25.2 Å². The zero-order chi connectivity index (χ0) is 27.0. The van der Waals surface area contributed by atoms with Crippen molar-refractivity contribution in [3.05, 3.63) is 64.2 Å². The van der Waals surface area contributed by atoms with E-state index in [-0.39, 0.29) is 56.3 Å². The molecule has 0 radical (unpaired) electrons. The number of aromatic nitrogens is 6. The molecule has 1 aliphatic rings. The van der Waals surface area contributed by atoms with Crippen LogP contribution in [0.15, 0.2) is 36.9 Å². The first-order valence-electron chi connectivity index (χ1n) is 11.2. The summed E-state index contributed by atoms with van der Waals surface area (Å²) in [6, 6.07) is 2.48. The number of pyridine rings is 2. The summed E-state index contributed by atoms with van der Waals surface area (Å²) in [4.78, 5) is 20.6. The predicted molar refractivity (Wildman–Crippen MR) is 134 cm³/mol. The average Bonchev–Trinajstić information content (AvgIpc) is 3.53. The van der Waals surface area contributed by atoms with Gasteiger partial charge >= 0.3 is 6.18 Å². The van der Waals surface area contributed by atoms with Gasteiger partial charge in [0.2, 0.25) is 5.95 Å². The lowest BCUT2D eigenvalue weighted by atomic mass is 10.0. The van der Waals surface area contributed by atoms with Gasteiger partial charge in [-0.1, -0.05) is 23.2 Å². The molecule has 10 nitrogen and oxygen atoms in total. The number of anilines is 2. The molecule has 38 heavy (non-hydrogen) atoms. The Morgan fingerprint density at radius 1 is 1.21 bits per heavy atom. The second-order valence-corrected chi connectivity index (χ2v) is 9.02. The molecule has 3 N–H and O–H groups in total. The van der Waals surface area contributed by atoms with Crippen LogP contribution in [0.25, 0.3) is 16.9 Å². The third kappa shape index (κ3) is 5.04. The molecular weight excluding hydrogens is 548 g/mol. The molecule has 15 heteroatoms. The van der Waals surface area contributed by atoms with Crippen molar-refractivity contribution in [1.82, 2.24) is 29.5 Å². The molecule has 4 aromatic rings. The highest BCUT2D eigenvalue weighted by Crippen LogP contribution is 2.37. The Morgan fingerprint density at radius 3 is 2.68 bits per heavy atom. The molecule has 4 aromatic heterocycles. The van der Waals surface area contributed by atoms with E-state index >= 15 is 0 Å². The van der Waals surface area contributed by atoms with E-state index in [1.807, 2.05) is 0 Å². The number of rotatable bonds is 6. The lowest BCUT2D eigenvalue weighted by Gasteiger charge is -2.15. The molecule has 1 saturated heterocycles. The Kier molecular flexibility index (Phi) is 6.99. The fraction of sp³-hybridized carbons (Fsp3) is 0.261. The van der Waals surface area contributed by atoms with Crippen molar-refractivity contribution in [2.24, 2.45) is 12.8 Å². The van der Waals surface area contributed by atoms with Crippen LogP contribution in [0.5, 0.6) is 5.75 Å². The van der Waals surface area contributed by atoms with Gasteiger partial charge in [-0.15, -0.1) is 0 Å². The number of imidazole rings is 1. The molecule has 5 rings (SSSR count). The second kappa shape index (κ2) is 10.2. The minimum atomic E-state index is -4.63. The van der Waals surface area contributed by atoms with Crippen molar-refractivity contribution in [1.29, 1.82) is 0 Å². The molecule has 0 amide bonds. The minimum Gasteiger partial charge on any atom is -0.450 e. The van der Waals surface area contributed by atoms with Crippen molar-refractivity contribution < 1.29 is 22.6 Å². The van der Waals surface area contributed by atoms with Gasteiger partial charge in [-0.2, -0.15) is 18.2 Å². The summed E-state index contributed by atoms with van der Waals surface area (Å²) in [7, 11) is 1.63. The number of fused-ring (bicyclic) bond motifs is 1. The molecule has 0 spiro atoms. The van der Waals surface area contributed by atoms with Crippen LogP contribution >= 0.6 is 23.2 Å². The second-order valence-electron chi connectivity index (χ2n) is 8.28. The highest BCUT2D eigenvalue weighted by Gasteiger charge is 2.34. The summed E-state index contributed by atoms with van der Waals surface area (Å²) in [6.45, 7) is 0.774. The van der Waals surface area contributed by atoms with Crippen molar-refractivity contribution in [2.45, 2.75) is 18.5 Å². The SMILES string of the molecule is Cn1c(Nc2cc(C3CCOC3)nc(C(F)(F)F)c2)nc2ncc(OC(=CN)c3nccnc3Cl)c(Cl)c21. The monoisotopic (exact) mass is 566 g/mol. The van der Waals surface area contributed by atoms with Crippen LogP contribution in [0.3, 0.4) is 0 Å². The van der Waals surface area contributed by atoms with Gasteiger partial charge in [0, 0.05) is 49.5 Å². The van der Waals surface area contributed by atoms with Crippen LogP contribution < -0.4 is 15.8 Å². The first-order valence-corrected chi connectivity index (χ1v) is 11.9. The molecule has 1 fully saturated rings. The van der Waals surface area contributed by atoms with Gasteiger partial charge in [0.1, 0.15) is 21.9 Å². The number of hydrogen-bond acceptors (Lipinski definition) is 9. The summed E-state index contributed by atoms with van der Waals surface area (Å²) in [5.74, 6) is 0.179. The van der Waals surface area contributed by atoms with Gasteiger partial charge in [0.25, 0.3) is 0 Å². The van der Waals surface area contributed by atoms with Crippen molar-refractivity contribution in [2.75, 3.05) is 18.5 Å². The van der Waals surface area contributed by atoms with E-state index in [9.17, 15) is 13.2 Å². The van der Waals surface area contributed by atoms with Gasteiger partial charge in [-0.05, 0) is 18.6 Å². The summed E-state index contributed by atoms with van der Waals surface area (Å²) in [5, 5.41) is 3.14. The molecule has 198 valence electrons. The Morgan fingerprint density at radius 2 is 2.00 bits per heavy atom. The quantitative estimate of drug-likeness (QED) is 0.308. The van der Waals surface area contributed by atoms with Crippen molar-refractivity contribution in [3.8, 4) is 5.75 Å². The van der Waals surface area contributed by atoms with Crippen LogP contribution in [-0.2, 0) is 18.0 Å². The fourth-order valence-electron chi connectivity index (χ4n) is 3.94. The van der Waals surface area contributed by atoms with Crippen LogP contribution in [0, 0.1) is 0 Å². The number of nitrogens with two attached hydrogens (primary N) is 1. The average molecular weight is 567 g/mol. The third-order valence-corrected chi connectivity index (χ3v) is 6.44. The van der Waals surface area contributed by atoms with Gasteiger partial charge in [0.05, 0.1) is 12.8 Å². The van der Waals surface area contributed by atoms with Crippen LogP contribution in [-0.4, -0.2) is 42.7 Å². The molecule has 0 aliphatic carbocycles. The topological polar surface area (TPSA) is 126 Å². The number of nitrogens with one attached hydrogen (secondary N) is 1. The van der Waals surface area contributed by atoms with Crippen molar-refractivity contribution >= 4 is 51.8 Å². The van der Waals surface area contributed by atoms with Gasteiger partial charge < -0.3 is 25.1 Å². The molecule has 0 aromatic carbocycles. The molecule has 5 heterocycles. The summed E-state index contributed by atoms with van der Waals surface area (Å²) < 4.78 is 53.5. The lowest BCUT2D eigenvalue weighted by Crippen LogP contribution is -2.13. The number of nitrogens with zero attached hydrogens (tertiary/aromatic N) is 6. The number of hydrogen-bond donors (Lipinski definition) is 2. The number of aryl methyl sites for hydroxylation is 1. The van der Waals surface area contributed by atoms with Gasteiger partial charge in [-0.25, -0.2) is 19.9 Å². The number of alkyl halides is 3. The first kappa shape index (κ1) is 25.9. The maximum atomic E-state index is 13.6. The maximum Gasteiger partial charge on any atom is 0.433 e. The number of halogens is 5. The molecule has 0 saturated carbocycles. The van der Waals surface area contributed by atoms with Gasteiger partial charge in [0.15, 0.2) is 22.3 Å². The molecule has 1 aliphatic heterocycles. The zero-order valence-electron chi connectivity index (χ0n) is 19.6. The third-order valence-electron chi connectivity index (χ3n) is 5.80. The minimum absolute atomic E-state index is 0.0699. The molecular formula is C23H19Cl2F3N8O2. The lowest BCUT2D eigenvalue weighted by molar-refractivity contribution is -0.141. The predicted octanol–water partition coefficient (Wildman–Crippen LogP) is 5.06. The molecule has 1 atom stereocenters. The highest BCUT2D eigenvalue weighted by molar-refractivity contribution is 6.36. The van der Waals surface area contributed by atoms with Crippen LogP contribution in [0.2, 0.25) is 10.2 Å². The smallest absolute Gasteiger partial charge is 0.433 e. The van der Waals surface area contributed by atoms with Crippen LogP contribution in [0.1, 0.15) is 29.4 Å². The van der Waals surface area contributed by atoms with Gasteiger partial charge in [-0.3, -0.25) is 0 Å². The normalized spacial score (nSPS) is 16.3. The highest BCUT2D eigenvalue weighted by atomic mass is 35.5. The summed E-state index contributed by atoms with van der Waals surface area (Å²) in [5.41, 5.74) is 5.93. The molecule has 0 bridgehead atoms. The summed E-state index contributed by atoms with van der Waals surface area (Å²) in [6.07, 6.45) is 1.28. The van der Waals surface area contributed by atoms with E-state index in [4.69, 9.17) is 38.4 Å². The Balaban J connectivity index is 1.49. The number of ether oxygens (including phenoxy) is 2. The van der Waals surface area contributed by atoms with E-state index in [1.54, 1.807) is 17.7 Å². The van der Waals surface area contributed by atoms with Crippen LogP contribution in [0.4, 0.5) is 24.8 Å². The van der Waals surface area contributed by atoms with E-state index in [2.05, 4.69) is 30.2 Å². The van der Waals surface area contributed by atoms with E-state index in [1.165, 1.54) is 18.6 Å². The Hall–Kier alpha value is -3.68. The standard InChI is InChI=1S/C23H19Cl2F3N8O2/c1-36-19-17(24)15(38-14(8-29)18-20(25)31-4-3-30-18)9-32-21(19)35-22(36)33-12-6-13(11-2-5-37-10-11)34-16(7-12)23(26,27)28/h3-4,6-9,11H,2,5,10,29H2,1H3,(H,32,33,34,35). The maximum absolute atomic E-state index is 13.6. The van der Waals surface area contributed by atoms with E-state index in [0.717, 1.165) is 12.3 Å². The van der Waals surface area contributed by atoms with E-state index < -0.39 is 11.9 Å². The fourth-order valence-corrected chi connectivity index (χ4v) is 4.43. The zero-order valence-corrected chi connectivity index (χ0v) is 21.1. The largest absolute Gasteiger partial charge is 0.450 e.